The van der Waals surface area contributed by atoms with Crippen molar-refractivity contribution in [3.63, 3.8) is 0 Å². The Kier molecular flexibility index (Phi) is 7.52. The van der Waals surface area contributed by atoms with E-state index in [-0.39, 0.29) is 23.0 Å². The van der Waals surface area contributed by atoms with E-state index >= 15 is 0 Å². The monoisotopic (exact) mass is 399 g/mol. The highest BCUT2D eigenvalue weighted by Gasteiger charge is 2.11. The average molecular weight is 400 g/mol. The van der Waals surface area contributed by atoms with Crippen LogP contribution >= 0.6 is 12.2 Å². The summed E-state index contributed by atoms with van der Waals surface area (Å²) >= 11 is 5.25. The number of hydrogen-bond acceptors (Lipinski definition) is 4. The third kappa shape index (κ3) is 6.06. The van der Waals surface area contributed by atoms with Gasteiger partial charge in [-0.1, -0.05) is 13.0 Å². The predicted octanol–water partition coefficient (Wildman–Crippen LogP) is 4.26. The molecule has 0 fully saturated rings. The molecule has 0 spiro atoms. The number of nitrogens with one attached hydrogen (secondary N) is 3. The van der Waals surface area contributed by atoms with Crippen molar-refractivity contribution in [3.05, 3.63) is 53.6 Å². The minimum Gasteiger partial charge on any atom is -0.491 e. The van der Waals surface area contributed by atoms with Crippen LogP contribution in [0.3, 0.4) is 0 Å². The molecular formula is C21H25N3O3S. The fraction of sp³-hybridized carbons (Fsp3) is 0.286. The summed E-state index contributed by atoms with van der Waals surface area (Å²) in [7, 11) is 0. The Morgan fingerprint density at radius 2 is 1.64 bits per heavy atom. The Balaban J connectivity index is 2.01. The van der Waals surface area contributed by atoms with E-state index in [0.717, 1.165) is 5.56 Å². The van der Waals surface area contributed by atoms with Crippen LogP contribution in [0.1, 0.15) is 43.1 Å². The van der Waals surface area contributed by atoms with E-state index in [2.05, 4.69) is 16.0 Å². The van der Waals surface area contributed by atoms with Gasteiger partial charge in [-0.2, -0.15) is 0 Å². The van der Waals surface area contributed by atoms with Gasteiger partial charge in [-0.25, -0.2) is 0 Å². The first-order valence-corrected chi connectivity index (χ1v) is 9.49. The molecule has 6 nitrogen and oxygen atoms in total. The topological polar surface area (TPSA) is 79.5 Å². The molecule has 0 aromatic heterocycles. The smallest absolute Gasteiger partial charge is 0.257 e. The highest BCUT2D eigenvalue weighted by molar-refractivity contribution is 7.80. The second kappa shape index (κ2) is 9.85. The molecule has 28 heavy (non-hydrogen) atoms. The van der Waals surface area contributed by atoms with Gasteiger partial charge in [0.2, 0.25) is 5.91 Å². The van der Waals surface area contributed by atoms with Gasteiger partial charge in [0.25, 0.3) is 5.91 Å². The maximum atomic E-state index is 12.4. The first-order chi connectivity index (χ1) is 13.3. The fourth-order valence-corrected chi connectivity index (χ4v) is 2.63. The summed E-state index contributed by atoms with van der Waals surface area (Å²) in [5.41, 5.74) is 2.71. The van der Waals surface area contributed by atoms with Gasteiger partial charge in [-0.05, 0) is 75.0 Å². The number of benzene rings is 2. The van der Waals surface area contributed by atoms with Crippen molar-refractivity contribution < 1.29 is 14.3 Å². The molecule has 0 aliphatic rings. The van der Waals surface area contributed by atoms with Crippen LogP contribution in [0, 0.1) is 6.92 Å². The van der Waals surface area contributed by atoms with Crippen molar-refractivity contribution in [2.45, 2.75) is 40.2 Å². The van der Waals surface area contributed by atoms with Crippen molar-refractivity contribution in [2.75, 3.05) is 10.6 Å². The number of amides is 2. The zero-order chi connectivity index (χ0) is 20.7. The Morgan fingerprint density at radius 1 is 1.04 bits per heavy atom. The van der Waals surface area contributed by atoms with Crippen LogP contribution < -0.4 is 20.7 Å². The van der Waals surface area contributed by atoms with E-state index < -0.39 is 0 Å². The van der Waals surface area contributed by atoms with E-state index in [1.807, 2.05) is 32.9 Å². The number of carbonyl (C=O) groups excluding carboxylic acids is 2. The van der Waals surface area contributed by atoms with Gasteiger partial charge < -0.3 is 15.4 Å². The van der Waals surface area contributed by atoms with Crippen molar-refractivity contribution in [3.8, 4) is 5.75 Å². The summed E-state index contributed by atoms with van der Waals surface area (Å²) in [5, 5.41) is 8.67. The summed E-state index contributed by atoms with van der Waals surface area (Å²) in [6.45, 7) is 7.54. The van der Waals surface area contributed by atoms with E-state index in [9.17, 15) is 9.59 Å². The molecule has 0 unspecified atom stereocenters. The van der Waals surface area contributed by atoms with E-state index in [1.165, 1.54) is 0 Å². The van der Waals surface area contributed by atoms with Crippen molar-refractivity contribution in [1.82, 2.24) is 5.32 Å². The SMILES string of the molecule is CCC(=O)Nc1cccc(NC(=S)NC(=O)c2ccc(OC(C)C)cc2)c1C. The largest absolute Gasteiger partial charge is 0.491 e. The number of ether oxygens (including phenoxy) is 1. The van der Waals surface area contributed by atoms with Gasteiger partial charge in [0, 0.05) is 23.4 Å². The second-order valence-electron chi connectivity index (χ2n) is 6.48. The highest BCUT2D eigenvalue weighted by atomic mass is 32.1. The van der Waals surface area contributed by atoms with Crippen molar-refractivity contribution in [2.24, 2.45) is 0 Å². The quantitative estimate of drug-likeness (QED) is 0.633. The van der Waals surface area contributed by atoms with Gasteiger partial charge in [-0.15, -0.1) is 0 Å². The molecule has 0 heterocycles. The summed E-state index contributed by atoms with van der Waals surface area (Å²) in [5.74, 6) is 0.316. The molecule has 0 atom stereocenters. The first-order valence-electron chi connectivity index (χ1n) is 9.08. The van der Waals surface area contributed by atoms with Crippen LogP contribution in [-0.4, -0.2) is 23.0 Å². The Hall–Kier alpha value is -2.93. The lowest BCUT2D eigenvalue weighted by Gasteiger charge is -2.15. The van der Waals surface area contributed by atoms with Crippen LogP contribution in [0.5, 0.6) is 5.75 Å². The molecule has 2 amide bonds. The molecule has 0 saturated heterocycles. The lowest BCUT2D eigenvalue weighted by Crippen LogP contribution is -2.34. The molecule has 148 valence electrons. The van der Waals surface area contributed by atoms with Crippen LogP contribution in [0.15, 0.2) is 42.5 Å². The minimum atomic E-state index is -0.318. The lowest BCUT2D eigenvalue weighted by atomic mass is 10.1. The molecule has 0 aliphatic heterocycles. The molecular weight excluding hydrogens is 374 g/mol. The Morgan fingerprint density at radius 3 is 2.21 bits per heavy atom. The van der Waals surface area contributed by atoms with Crippen LogP contribution in [-0.2, 0) is 4.79 Å². The van der Waals surface area contributed by atoms with E-state index in [4.69, 9.17) is 17.0 Å². The van der Waals surface area contributed by atoms with Gasteiger partial charge in [-0.3, -0.25) is 14.9 Å². The number of carbonyl (C=O) groups is 2. The zero-order valence-corrected chi connectivity index (χ0v) is 17.3. The maximum Gasteiger partial charge on any atom is 0.257 e. The van der Waals surface area contributed by atoms with Crippen LogP contribution in [0.2, 0.25) is 0 Å². The molecule has 0 saturated carbocycles. The summed E-state index contributed by atoms with van der Waals surface area (Å²) < 4.78 is 5.57. The normalized spacial score (nSPS) is 10.3. The zero-order valence-electron chi connectivity index (χ0n) is 16.5. The maximum absolute atomic E-state index is 12.4. The Bertz CT molecular complexity index is 864. The van der Waals surface area contributed by atoms with Gasteiger partial charge in [0.15, 0.2) is 5.11 Å². The van der Waals surface area contributed by atoms with Crippen LogP contribution in [0.25, 0.3) is 0 Å². The molecule has 0 aliphatic carbocycles. The average Bonchev–Trinajstić information content (AvgIpc) is 2.64. The van der Waals surface area contributed by atoms with Gasteiger partial charge >= 0.3 is 0 Å². The predicted molar refractivity (Wildman–Crippen MR) is 116 cm³/mol. The van der Waals surface area contributed by atoms with Gasteiger partial charge in [0.1, 0.15) is 5.75 Å². The standard InChI is InChI=1S/C21H25N3O3S/c1-5-19(25)22-17-7-6-8-18(14(17)4)23-21(28)24-20(26)15-9-11-16(12-10-15)27-13(2)3/h6-13H,5H2,1-4H3,(H,22,25)(H2,23,24,26,28). The number of hydrogen-bond donors (Lipinski definition) is 3. The first kappa shape index (κ1) is 21.4. The van der Waals surface area contributed by atoms with E-state index in [0.29, 0.717) is 29.1 Å². The Labute approximate surface area is 170 Å². The molecule has 3 N–H and O–H groups in total. The number of thiocarbonyl (C=S) groups is 1. The van der Waals surface area contributed by atoms with Crippen molar-refractivity contribution in [1.29, 1.82) is 0 Å². The lowest BCUT2D eigenvalue weighted by molar-refractivity contribution is -0.115. The number of anilines is 2. The second-order valence-corrected chi connectivity index (χ2v) is 6.89. The molecule has 2 aromatic carbocycles. The molecule has 2 aromatic rings. The third-order valence-electron chi connectivity index (χ3n) is 3.89. The summed E-state index contributed by atoms with van der Waals surface area (Å²) in [4.78, 5) is 24.0. The minimum absolute atomic E-state index is 0.0672. The molecule has 0 bridgehead atoms. The number of rotatable bonds is 6. The van der Waals surface area contributed by atoms with Crippen LogP contribution in [0.4, 0.5) is 11.4 Å². The van der Waals surface area contributed by atoms with Gasteiger partial charge in [0.05, 0.1) is 6.10 Å². The fourth-order valence-electron chi connectivity index (χ4n) is 2.43. The highest BCUT2D eigenvalue weighted by Crippen LogP contribution is 2.23. The molecule has 2 rings (SSSR count). The summed E-state index contributed by atoms with van der Waals surface area (Å²) in [6, 6.07) is 12.3. The summed E-state index contributed by atoms with van der Waals surface area (Å²) in [6.07, 6.45) is 0.463. The molecule has 0 radical (unpaired) electrons. The molecule has 7 heteroatoms. The van der Waals surface area contributed by atoms with Crippen molar-refractivity contribution >= 4 is 40.5 Å². The van der Waals surface area contributed by atoms with E-state index in [1.54, 1.807) is 37.3 Å². The third-order valence-corrected chi connectivity index (χ3v) is 4.10.